The van der Waals surface area contributed by atoms with Gasteiger partial charge in [-0.3, -0.25) is 0 Å². The summed E-state index contributed by atoms with van der Waals surface area (Å²) in [6.07, 6.45) is 1.83. The van der Waals surface area contributed by atoms with Crippen LogP contribution in [0.25, 0.3) is 0 Å². The Morgan fingerprint density at radius 1 is 1.14 bits per heavy atom. The third-order valence-corrected chi connectivity index (χ3v) is 4.41. The van der Waals surface area contributed by atoms with E-state index in [0.29, 0.717) is 5.92 Å². The summed E-state index contributed by atoms with van der Waals surface area (Å²) in [5, 5.41) is 3.56. The topological polar surface area (TPSA) is 12.0 Å². The zero-order valence-corrected chi connectivity index (χ0v) is 12.7. The van der Waals surface area contributed by atoms with E-state index in [1.54, 1.807) is 6.07 Å². The molecular weight excluding hydrogens is 261 g/mol. The van der Waals surface area contributed by atoms with E-state index in [2.05, 4.69) is 43.4 Å². The van der Waals surface area contributed by atoms with Crippen molar-refractivity contribution in [2.45, 2.75) is 45.2 Å². The Morgan fingerprint density at radius 2 is 1.90 bits per heavy atom. The highest BCUT2D eigenvalue weighted by atomic mass is 19.1. The number of halogens is 1. The summed E-state index contributed by atoms with van der Waals surface area (Å²) in [6, 6.07) is 14.5. The molecular formula is C19H22FN. The van der Waals surface area contributed by atoms with Crippen LogP contribution in [0.2, 0.25) is 0 Å². The van der Waals surface area contributed by atoms with E-state index in [4.69, 9.17) is 0 Å². The standard InChI is InChI=1S/C19H22FN/c1-13(2)15-8-6-14(7-9-15)12-21-19-11-10-16-17(19)4-3-5-18(16)20/h3-9,13,19,21H,10-12H2,1-2H3. The van der Waals surface area contributed by atoms with Crippen LogP contribution in [0.4, 0.5) is 4.39 Å². The van der Waals surface area contributed by atoms with Gasteiger partial charge in [-0.15, -0.1) is 0 Å². The van der Waals surface area contributed by atoms with Crippen molar-refractivity contribution in [3.05, 3.63) is 70.5 Å². The van der Waals surface area contributed by atoms with Crippen LogP contribution in [0.15, 0.2) is 42.5 Å². The smallest absolute Gasteiger partial charge is 0.126 e. The summed E-state index contributed by atoms with van der Waals surface area (Å²) < 4.78 is 13.7. The monoisotopic (exact) mass is 283 g/mol. The number of benzene rings is 2. The van der Waals surface area contributed by atoms with Gasteiger partial charge in [0.1, 0.15) is 5.82 Å². The number of nitrogens with one attached hydrogen (secondary N) is 1. The number of fused-ring (bicyclic) bond motifs is 1. The summed E-state index contributed by atoms with van der Waals surface area (Å²) in [4.78, 5) is 0. The Hall–Kier alpha value is -1.67. The van der Waals surface area contributed by atoms with Gasteiger partial charge >= 0.3 is 0 Å². The molecule has 0 saturated carbocycles. The van der Waals surface area contributed by atoms with Gasteiger partial charge in [0, 0.05) is 12.6 Å². The second kappa shape index (κ2) is 5.98. The van der Waals surface area contributed by atoms with Crippen LogP contribution in [0.5, 0.6) is 0 Å². The van der Waals surface area contributed by atoms with E-state index in [1.807, 2.05) is 12.1 Å². The first-order chi connectivity index (χ1) is 10.1. The SMILES string of the molecule is CC(C)c1ccc(CNC2CCc3c(F)cccc32)cc1. The molecule has 0 aliphatic heterocycles. The lowest BCUT2D eigenvalue weighted by atomic mass is 10.0. The van der Waals surface area contributed by atoms with Crippen LogP contribution >= 0.6 is 0 Å². The first-order valence-electron chi connectivity index (χ1n) is 7.74. The Morgan fingerprint density at radius 3 is 2.62 bits per heavy atom. The first kappa shape index (κ1) is 14.3. The summed E-state index contributed by atoms with van der Waals surface area (Å²) in [7, 11) is 0. The van der Waals surface area contributed by atoms with E-state index in [-0.39, 0.29) is 11.9 Å². The van der Waals surface area contributed by atoms with E-state index in [1.165, 1.54) is 11.1 Å². The van der Waals surface area contributed by atoms with Crippen molar-refractivity contribution in [2.75, 3.05) is 0 Å². The first-order valence-corrected chi connectivity index (χ1v) is 7.74. The molecule has 0 aromatic heterocycles. The van der Waals surface area contributed by atoms with Gasteiger partial charge in [0.2, 0.25) is 0 Å². The highest BCUT2D eigenvalue weighted by Crippen LogP contribution is 2.32. The predicted molar refractivity (Wildman–Crippen MR) is 84.8 cm³/mol. The molecule has 110 valence electrons. The van der Waals surface area contributed by atoms with Crippen LogP contribution in [0, 0.1) is 5.82 Å². The Labute approximate surface area is 126 Å². The summed E-state index contributed by atoms with van der Waals surface area (Å²) in [5.74, 6) is 0.509. The molecule has 0 bridgehead atoms. The zero-order chi connectivity index (χ0) is 14.8. The summed E-state index contributed by atoms with van der Waals surface area (Å²) >= 11 is 0. The molecule has 1 atom stereocenters. The van der Waals surface area contributed by atoms with Crippen molar-refractivity contribution in [3.63, 3.8) is 0 Å². The Kier molecular flexibility index (Phi) is 4.07. The van der Waals surface area contributed by atoms with Gasteiger partial charge in [0.15, 0.2) is 0 Å². The maximum atomic E-state index is 13.7. The van der Waals surface area contributed by atoms with Gasteiger partial charge < -0.3 is 5.32 Å². The zero-order valence-electron chi connectivity index (χ0n) is 12.7. The fraction of sp³-hybridized carbons (Fsp3) is 0.368. The molecule has 0 saturated heterocycles. The van der Waals surface area contributed by atoms with Crippen molar-refractivity contribution in [3.8, 4) is 0 Å². The molecule has 2 aromatic carbocycles. The average molecular weight is 283 g/mol. The molecule has 1 nitrogen and oxygen atoms in total. The number of rotatable bonds is 4. The van der Waals surface area contributed by atoms with Gasteiger partial charge in [-0.2, -0.15) is 0 Å². The third-order valence-electron chi connectivity index (χ3n) is 4.41. The molecule has 1 aliphatic carbocycles. The summed E-state index contributed by atoms with van der Waals surface area (Å²) in [5.41, 5.74) is 4.68. The lowest BCUT2D eigenvalue weighted by molar-refractivity contribution is 0.530. The third kappa shape index (κ3) is 3.01. The molecule has 2 aromatic rings. The fourth-order valence-corrected chi connectivity index (χ4v) is 3.08. The predicted octanol–water partition coefficient (Wildman–Crippen LogP) is 4.73. The van der Waals surface area contributed by atoms with Gasteiger partial charge in [-0.1, -0.05) is 50.2 Å². The quantitative estimate of drug-likeness (QED) is 0.855. The number of hydrogen-bond acceptors (Lipinski definition) is 1. The molecule has 0 spiro atoms. The van der Waals surface area contributed by atoms with E-state index in [0.717, 1.165) is 30.5 Å². The van der Waals surface area contributed by atoms with Crippen LogP contribution in [-0.2, 0) is 13.0 Å². The van der Waals surface area contributed by atoms with Crippen LogP contribution in [0.1, 0.15) is 54.5 Å². The van der Waals surface area contributed by atoms with Crippen molar-refractivity contribution >= 4 is 0 Å². The molecule has 0 radical (unpaired) electrons. The second-order valence-electron chi connectivity index (χ2n) is 6.18. The van der Waals surface area contributed by atoms with Crippen molar-refractivity contribution in [1.82, 2.24) is 5.32 Å². The van der Waals surface area contributed by atoms with E-state index in [9.17, 15) is 4.39 Å². The fourth-order valence-electron chi connectivity index (χ4n) is 3.08. The van der Waals surface area contributed by atoms with Crippen molar-refractivity contribution < 1.29 is 4.39 Å². The molecule has 1 unspecified atom stereocenters. The maximum Gasteiger partial charge on any atom is 0.126 e. The lowest BCUT2D eigenvalue weighted by Crippen LogP contribution is -2.18. The minimum Gasteiger partial charge on any atom is -0.306 e. The van der Waals surface area contributed by atoms with Gasteiger partial charge in [-0.25, -0.2) is 4.39 Å². The normalized spacial score (nSPS) is 17.2. The average Bonchev–Trinajstić information content (AvgIpc) is 2.90. The highest BCUT2D eigenvalue weighted by Gasteiger charge is 2.24. The molecule has 0 heterocycles. The Balaban J connectivity index is 1.66. The van der Waals surface area contributed by atoms with Crippen molar-refractivity contribution in [2.24, 2.45) is 0 Å². The molecule has 3 rings (SSSR count). The molecule has 1 N–H and O–H groups in total. The second-order valence-corrected chi connectivity index (χ2v) is 6.18. The Bertz CT molecular complexity index is 616. The van der Waals surface area contributed by atoms with E-state index < -0.39 is 0 Å². The van der Waals surface area contributed by atoms with Gasteiger partial charge in [0.05, 0.1) is 0 Å². The molecule has 1 aliphatic rings. The highest BCUT2D eigenvalue weighted by molar-refractivity contribution is 5.35. The summed E-state index contributed by atoms with van der Waals surface area (Å²) in [6.45, 7) is 5.24. The molecule has 2 heteroatoms. The van der Waals surface area contributed by atoms with Gasteiger partial charge in [-0.05, 0) is 47.1 Å². The minimum absolute atomic E-state index is 0.0573. The molecule has 0 fully saturated rings. The molecule has 21 heavy (non-hydrogen) atoms. The van der Waals surface area contributed by atoms with E-state index >= 15 is 0 Å². The van der Waals surface area contributed by atoms with Crippen LogP contribution in [0.3, 0.4) is 0 Å². The largest absolute Gasteiger partial charge is 0.306 e. The molecule has 0 amide bonds. The number of hydrogen-bond donors (Lipinski definition) is 1. The van der Waals surface area contributed by atoms with Crippen LogP contribution in [-0.4, -0.2) is 0 Å². The van der Waals surface area contributed by atoms with Crippen LogP contribution < -0.4 is 5.32 Å². The maximum absolute atomic E-state index is 13.7. The van der Waals surface area contributed by atoms with Crippen molar-refractivity contribution in [1.29, 1.82) is 0 Å². The minimum atomic E-state index is -0.0573. The lowest BCUT2D eigenvalue weighted by Gasteiger charge is -2.15. The van der Waals surface area contributed by atoms with Gasteiger partial charge in [0.25, 0.3) is 0 Å².